The van der Waals surface area contributed by atoms with Gasteiger partial charge in [0, 0.05) is 6.54 Å². The number of piperidine rings is 1. The van der Waals surface area contributed by atoms with Crippen molar-refractivity contribution < 1.29 is 4.79 Å². The highest BCUT2D eigenvalue weighted by Gasteiger charge is 2.26. The van der Waals surface area contributed by atoms with Gasteiger partial charge in [0.05, 0.1) is 5.75 Å². The van der Waals surface area contributed by atoms with Crippen molar-refractivity contribution in [3.63, 3.8) is 0 Å². The van der Waals surface area contributed by atoms with E-state index in [0.717, 1.165) is 44.1 Å². The largest absolute Gasteiger partial charge is 0.355 e. The molecular weight excluding hydrogens is 244 g/mol. The van der Waals surface area contributed by atoms with Crippen LogP contribution in [0.15, 0.2) is 0 Å². The predicted octanol–water partition coefficient (Wildman–Crippen LogP) is 2.27. The summed E-state index contributed by atoms with van der Waals surface area (Å²) < 4.78 is 0. The van der Waals surface area contributed by atoms with E-state index >= 15 is 0 Å². The third kappa shape index (κ3) is 6.64. The van der Waals surface area contributed by atoms with E-state index in [4.69, 9.17) is 0 Å². The average molecular weight is 272 g/mol. The van der Waals surface area contributed by atoms with Crippen molar-refractivity contribution in [2.75, 3.05) is 31.1 Å². The minimum absolute atomic E-state index is 0.198. The summed E-state index contributed by atoms with van der Waals surface area (Å²) in [5.74, 6) is 2.63. The van der Waals surface area contributed by atoms with Crippen LogP contribution in [-0.4, -0.2) is 37.0 Å². The molecule has 4 heteroatoms. The van der Waals surface area contributed by atoms with Gasteiger partial charge < -0.3 is 10.6 Å². The predicted molar refractivity (Wildman–Crippen MR) is 80.0 cm³/mol. The molecule has 106 valence electrons. The van der Waals surface area contributed by atoms with Gasteiger partial charge in [-0.2, -0.15) is 11.8 Å². The summed E-state index contributed by atoms with van der Waals surface area (Å²) in [6.45, 7) is 9.71. The molecule has 1 fully saturated rings. The third-order valence-corrected chi connectivity index (χ3v) is 4.59. The van der Waals surface area contributed by atoms with Gasteiger partial charge in [-0.1, -0.05) is 20.8 Å². The molecule has 0 bridgehead atoms. The van der Waals surface area contributed by atoms with Crippen LogP contribution in [0.1, 0.15) is 40.0 Å². The number of carbonyl (C=O) groups is 1. The van der Waals surface area contributed by atoms with E-state index < -0.39 is 0 Å². The van der Waals surface area contributed by atoms with E-state index in [1.807, 2.05) is 0 Å². The Labute approximate surface area is 116 Å². The molecule has 0 saturated carbocycles. The van der Waals surface area contributed by atoms with Crippen LogP contribution in [0.5, 0.6) is 0 Å². The Bertz CT molecular complexity index is 250. The number of amides is 1. The standard InChI is InChI=1S/C14H28N2OS/c1-12(2)4-9-18-10-13(17)16-11-14(3)5-7-15-8-6-14/h12,15H,4-11H2,1-3H3,(H,16,17). The second-order valence-electron chi connectivity index (χ2n) is 6.07. The smallest absolute Gasteiger partial charge is 0.230 e. The Balaban J connectivity index is 2.09. The first-order chi connectivity index (χ1) is 8.52. The van der Waals surface area contributed by atoms with Crippen LogP contribution in [0.3, 0.4) is 0 Å². The van der Waals surface area contributed by atoms with Crippen molar-refractivity contribution in [2.24, 2.45) is 11.3 Å². The molecule has 3 nitrogen and oxygen atoms in total. The average Bonchev–Trinajstić information content (AvgIpc) is 2.33. The molecule has 0 atom stereocenters. The van der Waals surface area contributed by atoms with E-state index in [1.54, 1.807) is 11.8 Å². The molecule has 1 aliphatic heterocycles. The molecule has 0 aromatic heterocycles. The number of hydrogen-bond acceptors (Lipinski definition) is 3. The first-order valence-electron chi connectivity index (χ1n) is 7.07. The Morgan fingerprint density at radius 3 is 2.67 bits per heavy atom. The minimum Gasteiger partial charge on any atom is -0.355 e. The molecule has 1 saturated heterocycles. The van der Waals surface area contributed by atoms with E-state index in [9.17, 15) is 4.79 Å². The lowest BCUT2D eigenvalue weighted by atomic mass is 9.81. The van der Waals surface area contributed by atoms with Crippen LogP contribution >= 0.6 is 11.8 Å². The van der Waals surface area contributed by atoms with Gasteiger partial charge in [-0.05, 0) is 49.4 Å². The monoisotopic (exact) mass is 272 g/mol. The first kappa shape index (κ1) is 15.8. The van der Waals surface area contributed by atoms with Crippen LogP contribution in [0, 0.1) is 11.3 Å². The Morgan fingerprint density at radius 1 is 1.39 bits per heavy atom. The number of nitrogens with one attached hydrogen (secondary N) is 2. The van der Waals surface area contributed by atoms with Crippen molar-refractivity contribution in [3.8, 4) is 0 Å². The van der Waals surface area contributed by atoms with Gasteiger partial charge in [-0.3, -0.25) is 4.79 Å². The SMILES string of the molecule is CC(C)CCSCC(=O)NCC1(C)CCNCC1. The molecule has 1 aliphatic rings. The zero-order valence-electron chi connectivity index (χ0n) is 12.1. The summed E-state index contributed by atoms with van der Waals surface area (Å²) in [5.41, 5.74) is 0.295. The maximum Gasteiger partial charge on any atom is 0.230 e. The number of hydrogen-bond donors (Lipinski definition) is 2. The summed E-state index contributed by atoms with van der Waals surface area (Å²) in [4.78, 5) is 11.7. The van der Waals surface area contributed by atoms with E-state index in [-0.39, 0.29) is 5.91 Å². The highest BCUT2D eigenvalue weighted by atomic mass is 32.2. The summed E-state index contributed by atoms with van der Waals surface area (Å²) in [6, 6.07) is 0. The summed E-state index contributed by atoms with van der Waals surface area (Å²) in [6.07, 6.45) is 3.52. The van der Waals surface area contributed by atoms with Gasteiger partial charge in [0.25, 0.3) is 0 Å². The lowest BCUT2D eigenvalue weighted by Crippen LogP contribution is -2.43. The van der Waals surface area contributed by atoms with Gasteiger partial charge in [-0.15, -0.1) is 0 Å². The fourth-order valence-corrected chi connectivity index (χ4v) is 3.12. The molecule has 0 aromatic carbocycles. The normalized spacial score (nSPS) is 18.9. The molecular formula is C14H28N2OS. The quantitative estimate of drug-likeness (QED) is 0.699. The molecule has 2 N–H and O–H groups in total. The molecule has 0 radical (unpaired) electrons. The van der Waals surface area contributed by atoms with Crippen LogP contribution in [0.2, 0.25) is 0 Å². The van der Waals surface area contributed by atoms with Crippen molar-refractivity contribution >= 4 is 17.7 Å². The molecule has 1 rings (SSSR count). The summed E-state index contributed by atoms with van der Waals surface area (Å²) >= 11 is 1.75. The minimum atomic E-state index is 0.198. The third-order valence-electron chi connectivity index (χ3n) is 3.60. The maximum absolute atomic E-state index is 11.7. The highest BCUT2D eigenvalue weighted by Crippen LogP contribution is 2.26. The van der Waals surface area contributed by atoms with Crippen LogP contribution in [-0.2, 0) is 4.79 Å². The van der Waals surface area contributed by atoms with Crippen molar-refractivity contribution in [1.82, 2.24) is 10.6 Å². The Kier molecular flexibility index (Phi) is 7.08. The first-order valence-corrected chi connectivity index (χ1v) is 8.22. The molecule has 1 heterocycles. The fourth-order valence-electron chi connectivity index (χ4n) is 2.05. The molecule has 0 spiro atoms. The van der Waals surface area contributed by atoms with Gasteiger partial charge in [0.2, 0.25) is 5.91 Å². The summed E-state index contributed by atoms with van der Waals surface area (Å²) in [7, 11) is 0. The summed E-state index contributed by atoms with van der Waals surface area (Å²) in [5, 5.41) is 6.46. The van der Waals surface area contributed by atoms with Crippen LogP contribution in [0.4, 0.5) is 0 Å². The van der Waals surface area contributed by atoms with Gasteiger partial charge >= 0.3 is 0 Å². The Hall–Kier alpha value is -0.220. The molecule has 18 heavy (non-hydrogen) atoms. The van der Waals surface area contributed by atoms with Gasteiger partial charge in [-0.25, -0.2) is 0 Å². The highest BCUT2D eigenvalue weighted by molar-refractivity contribution is 7.99. The van der Waals surface area contributed by atoms with Crippen LogP contribution < -0.4 is 10.6 Å². The van der Waals surface area contributed by atoms with E-state index in [0.29, 0.717) is 11.2 Å². The molecule has 0 aliphatic carbocycles. The van der Waals surface area contributed by atoms with Crippen molar-refractivity contribution in [3.05, 3.63) is 0 Å². The molecule has 1 amide bonds. The second-order valence-corrected chi connectivity index (χ2v) is 7.18. The van der Waals surface area contributed by atoms with Crippen molar-refractivity contribution in [1.29, 1.82) is 0 Å². The van der Waals surface area contributed by atoms with E-state index in [1.165, 1.54) is 6.42 Å². The maximum atomic E-state index is 11.7. The molecule has 0 unspecified atom stereocenters. The molecule has 0 aromatic rings. The number of carbonyl (C=O) groups excluding carboxylic acids is 1. The second kappa shape index (κ2) is 8.05. The Morgan fingerprint density at radius 2 is 2.06 bits per heavy atom. The van der Waals surface area contributed by atoms with E-state index in [2.05, 4.69) is 31.4 Å². The van der Waals surface area contributed by atoms with Gasteiger partial charge in [0.15, 0.2) is 0 Å². The fraction of sp³-hybridized carbons (Fsp3) is 0.929. The van der Waals surface area contributed by atoms with Gasteiger partial charge in [0.1, 0.15) is 0 Å². The lowest BCUT2D eigenvalue weighted by molar-refractivity contribution is -0.119. The lowest BCUT2D eigenvalue weighted by Gasteiger charge is -2.34. The van der Waals surface area contributed by atoms with Crippen LogP contribution in [0.25, 0.3) is 0 Å². The zero-order chi connectivity index (χ0) is 13.4. The van der Waals surface area contributed by atoms with Crippen molar-refractivity contribution in [2.45, 2.75) is 40.0 Å². The zero-order valence-corrected chi connectivity index (χ0v) is 12.9. The topological polar surface area (TPSA) is 41.1 Å². The number of thioether (sulfide) groups is 1. The number of rotatable bonds is 7.